The molecule has 0 spiro atoms. The zero-order valence-electron chi connectivity index (χ0n) is 13.6. The monoisotopic (exact) mass is 344 g/mol. The van der Waals surface area contributed by atoms with Gasteiger partial charge in [0, 0.05) is 5.02 Å². The van der Waals surface area contributed by atoms with Gasteiger partial charge in [-0.1, -0.05) is 78.3 Å². The SMILES string of the molecule is Clc1ccccc1Cn1c(/C=C/c2ccccc2)nc2ccccc21. The second kappa shape index (κ2) is 6.96. The lowest BCUT2D eigenvalue weighted by molar-refractivity contribution is 0.814. The van der Waals surface area contributed by atoms with E-state index in [0.29, 0.717) is 6.54 Å². The Labute approximate surface area is 152 Å². The highest BCUT2D eigenvalue weighted by atomic mass is 35.5. The predicted octanol–water partition coefficient (Wildman–Crippen LogP) is 5.91. The van der Waals surface area contributed by atoms with Crippen molar-refractivity contribution in [1.82, 2.24) is 9.55 Å². The van der Waals surface area contributed by atoms with E-state index in [9.17, 15) is 0 Å². The van der Waals surface area contributed by atoms with Crippen LogP contribution in [0.5, 0.6) is 0 Å². The molecule has 0 unspecified atom stereocenters. The summed E-state index contributed by atoms with van der Waals surface area (Å²) in [4.78, 5) is 4.79. The zero-order valence-corrected chi connectivity index (χ0v) is 14.4. The van der Waals surface area contributed by atoms with Gasteiger partial charge in [-0.05, 0) is 35.4 Å². The number of fused-ring (bicyclic) bond motifs is 1. The van der Waals surface area contributed by atoms with E-state index in [1.807, 2.05) is 54.6 Å². The van der Waals surface area contributed by atoms with Crippen molar-refractivity contribution in [2.45, 2.75) is 6.54 Å². The van der Waals surface area contributed by atoms with Crippen LogP contribution in [0.3, 0.4) is 0 Å². The van der Waals surface area contributed by atoms with Gasteiger partial charge in [0.25, 0.3) is 0 Å². The van der Waals surface area contributed by atoms with Crippen LogP contribution in [0.4, 0.5) is 0 Å². The molecule has 0 saturated heterocycles. The molecule has 0 N–H and O–H groups in total. The van der Waals surface area contributed by atoms with Gasteiger partial charge in [0.1, 0.15) is 5.82 Å². The van der Waals surface area contributed by atoms with Crippen LogP contribution in [0.1, 0.15) is 17.0 Å². The van der Waals surface area contributed by atoms with Crippen molar-refractivity contribution in [3.63, 3.8) is 0 Å². The maximum atomic E-state index is 6.37. The summed E-state index contributed by atoms with van der Waals surface area (Å²) < 4.78 is 2.20. The Morgan fingerprint density at radius 3 is 2.36 bits per heavy atom. The fraction of sp³-hybridized carbons (Fsp3) is 0.0455. The zero-order chi connectivity index (χ0) is 17.1. The maximum absolute atomic E-state index is 6.37. The first kappa shape index (κ1) is 15.7. The average molecular weight is 345 g/mol. The molecule has 2 nitrogen and oxygen atoms in total. The van der Waals surface area contributed by atoms with Gasteiger partial charge in [0.2, 0.25) is 0 Å². The molecule has 0 atom stereocenters. The van der Waals surface area contributed by atoms with Crippen LogP contribution in [0.25, 0.3) is 23.2 Å². The molecule has 3 aromatic carbocycles. The maximum Gasteiger partial charge on any atom is 0.134 e. The first-order valence-corrected chi connectivity index (χ1v) is 8.61. The second-order valence-electron chi connectivity index (χ2n) is 5.88. The minimum absolute atomic E-state index is 0.689. The van der Waals surface area contributed by atoms with Crippen molar-refractivity contribution in [3.8, 4) is 0 Å². The molecule has 0 aliphatic heterocycles. The molecular weight excluding hydrogens is 328 g/mol. The minimum atomic E-state index is 0.689. The molecule has 1 heterocycles. The molecule has 4 aromatic rings. The Morgan fingerprint density at radius 1 is 0.800 bits per heavy atom. The van der Waals surface area contributed by atoms with Crippen molar-refractivity contribution < 1.29 is 0 Å². The molecule has 122 valence electrons. The van der Waals surface area contributed by atoms with Crippen LogP contribution in [0.15, 0.2) is 78.9 Å². The number of halogens is 1. The number of aromatic nitrogens is 2. The van der Waals surface area contributed by atoms with Gasteiger partial charge in [0.15, 0.2) is 0 Å². The number of imidazole rings is 1. The van der Waals surface area contributed by atoms with Gasteiger partial charge >= 0.3 is 0 Å². The standard InChI is InChI=1S/C22H17ClN2/c23-19-11-5-4-10-18(19)16-25-21-13-7-6-12-20(21)24-22(25)15-14-17-8-2-1-3-9-17/h1-15H,16H2/b15-14+. The van der Waals surface area contributed by atoms with Crippen molar-refractivity contribution in [2.75, 3.05) is 0 Å². The van der Waals surface area contributed by atoms with Crippen LogP contribution >= 0.6 is 11.6 Å². The lowest BCUT2D eigenvalue weighted by Gasteiger charge is -2.09. The Hall–Kier alpha value is -2.84. The normalized spacial score (nSPS) is 11.4. The molecule has 0 aliphatic carbocycles. The molecule has 0 bridgehead atoms. The Morgan fingerprint density at radius 2 is 1.52 bits per heavy atom. The van der Waals surface area contributed by atoms with E-state index < -0.39 is 0 Å². The van der Waals surface area contributed by atoms with E-state index in [1.165, 1.54) is 0 Å². The third-order valence-electron chi connectivity index (χ3n) is 4.19. The highest BCUT2D eigenvalue weighted by Gasteiger charge is 2.10. The molecule has 4 rings (SSSR count). The van der Waals surface area contributed by atoms with Crippen LogP contribution in [-0.4, -0.2) is 9.55 Å². The summed E-state index contributed by atoms with van der Waals surface area (Å²) >= 11 is 6.37. The number of rotatable bonds is 4. The summed E-state index contributed by atoms with van der Waals surface area (Å²) in [5, 5.41) is 0.776. The van der Waals surface area contributed by atoms with Crippen molar-refractivity contribution in [2.24, 2.45) is 0 Å². The minimum Gasteiger partial charge on any atom is -0.320 e. The summed E-state index contributed by atoms with van der Waals surface area (Å²) in [7, 11) is 0. The van der Waals surface area contributed by atoms with Crippen LogP contribution in [0, 0.1) is 0 Å². The molecule has 0 radical (unpaired) electrons. The first-order valence-electron chi connectivity index (χ1n) is 8.23. The van der Waals surface area contributed by atoms with Gasteiger partial charge in [-0.3, -0.25) is 0 Å². The number of nitrogens with zero attached hydrogens (tertiary/aromatic N) is 2. The van der Waals surface area contributed by atoms with Gasteiger partial charge in [-0.15, -0.1) is 0 Å². The quantitative estimate of drug-likeness (QED) is 0.450. The summed E-state index contributed by atoms with van der Waals surface area (Å²) in [6.45, 7) is 0.689. The molecule has 25 heavy (non-hydrogen) atoms. The Bertz CT molecular complexity index is 1030. The van der Waals surface area contributed by atoms with Crippen LogP contribution in [0.2, 0.25) is 5.02 Å². The van der Waals surface area contributed by atoms with E-state index in [0.717, 1.165) is 33.0 Å². The molecule has 0 aliphatic rings. The number of benzene rings is 3. The molecule has 0 fully saturated rings. The summed E-state index contributed by atoms with van der Waals surface area (Å²) in [6.07, 6.45) is 4.15. The lowest BCUT2D eigenvalue weighted by Crippen LogP contribution is -2.02. The molecule has 0 saturated carbocycles. The highest BCUT2D eigenvalue weighted by Crippen LogP contribution is 2.22. The Balaban J connectivity index is 1.78. The molecule has 0 amide bonds. The molecule has 1 aromatic heterocycles. The first-order chi connectivity index (χ1) is 12.3. The number of hydrogen-bond donors (Lipinski definition) is 0. The van der Waals surface area contributed by atoms with Crippen LogP contribution < -0.4 is 0 Å². The molecular formula is C22H17ClN2. The van der Waals surface area contributed by atoms with Gasteiger partial charge in [-0.25, -0.2) is 4.98 Å². The van der Waals surface area contributed by atoms with Gasteiger partial charge < -0.3 is 4.57 Å². The second-order valence-corrected chi connectivity index (χ2v) is 6.29. The highest BCUT2D eigenvalue weighted by molar-refractivity contribution is 6.31. The average Bonchev–Trinajstić information content (AvgIpc) is 3.00. The van der Waals surface area contributed by atoms with Crippen LogP contribution in [-0.2, 0) is 6.54 Å². The summed E-state index contributed by atoms with van der Waals surface area (Å²) in [6, 6.07) is 26.4. The predicted molar refractivity (Wildman–Crippen MR) is 106 cm³/mol. The van der Waals surface area contributed by atoms with E-state index in [-0.39, 0.29) is 0 Å². The lowest BCUT2D eigenvalue weighted by atomic mass is 10.2. The van der Waals surface area contributed by atoms with E-state index >= 15 is 0 Å². The summed E-state index contributed by atoms with van der Waals surface area (Å²) in [5.41, 5.74) is 4.33. The van der Waals surface area contributed by atoms with E-state index in [2.05, 4.69) is 41.0 Å². The van der Waals surface area contributed by atoms with Crippen molar-refractivity contribution >= 4 is 34.8 Å². The third-order valence-corrected chi connectivity index (χ3v) is 4.56. The fourth-order valence-electron chi connectivity index (χ4n) is 2.92. The largest absolute Gasteiger partial charge is 0.320 e. The smallest absolute Gasteiger partial charge is 0.134 e. The van der Waals surface area contributed by atoms with E-state index in [4.69, 9.17) is 16.6 Å². The van der Waals surface area contributed by atoms with Crippen molar-refractivity contribution in [3.05, 3.63) is 101 Å². The topological polar surface area (TPSA) is 17.8 Å². The fourth-order valence-corrected chi connectivity index (χ4v) is 3.11. The van der Waals surface area contributed by atoms with Gasteiger partial charge in [-0.2, -0.15) is 0 Å². The van der Waals surface area contributed by atoms with Crippen molar-refractivity contribution in [1.29, 1.82) is 0 Å². The van der Waals surface area contributed by atoms with Gasteiger partial charge in [0.05, 0.1) is 17.6 Å². The van der Waals surface area contributed by atoms with E-state index in [1.54, 1.807) is 0 Å². The number of para-hydroxylation sites is 2. The number of hydrogen-bond acceptors (Lipinski definition) is 1. The molecule has 3 heteroatoms. The Kier molecular flexibility index (Phi) is 4.36. The summed E-state index contributed by atoms with van der Waals surface area (Å²) in [5.74, 6) is 0.921. The third kappa shape index (κ3) is 3.35.